The van der Waals surface area contributed by atoms with Crippen molar-refractivity contribution in [1.82, 2.24) is 0 Å². The molecule has 1 fully saturated rings. The summed E-state index contributed by atoms with van der Waals surface area (Å²) in [5.41, 5.74) is 1.98. The van der Waals surface area contributed by atoms with Gasteiger partial charge in [-0.1, -0.05) is 147 Å². The molecule has 2 aliphatic rings. The quantitative estimate of drug-likeness (QED) is 0.247. The smallest absolute Gasteiger partial charge is 0.0750 e. The van der Waals surface area contributed by atoms with E-state index in [-0.39, 0.29) is 10.8 Å². The third-order valence-electron chi connectivity index (χ3n) is 5.98. The lowest BCUT2D eigenvalue weighted by atomic mass is 9.63. The summed E-state index contributed by atoms with van der Waals surface area (Å²) in [4.78, 5) is 0. The average molecular weight is 870 g/mol. The molecule has 8 heteroatoms. The Labute approximate surface area is 221 Å². The molecule has 0 amide bonds. The summed E-state index contributed by atoms with van der Waals surface area (Å²) >= 11 is 31.7. The van der Waals surface area contributed by atoms with Gasteiger partial charge in [-0.2, -0.15) is 0 Å². The molecule has 3 rings (SSSR count). The average Bonchev–Trinajstić information content (AvgIpc) is 2.68. The molecular formula is C18H14Br8. The molecule has 1 saturated carbocycles. The maximum absolute atomic E-state index is 4.16. The SMILES string of the molecule is CC1(c2ccccc2)C2=C(Br)C(Br)=C(Br)C(Br)(Br)C2(Br)C(Br)(Br)C1(C)C. The van der Waals surface area contributed by atoms with Crippen LogP contribution < -0.4 is 0 Å². The maximum Gasteiger partial charge on any atom is 0.134 e. The molecule has 1 aromatic carbocycles. The van der Waals surface area contributed by atoms with Gasteiger partial charge in [-0.3, -0.25) is 0 Å². The zero-order valence-electron chi connectivity index (χ0n) is 13.9. The molecule has 0 heterocycles. The minimum Gasteiger partial charge on any atom is -0.0750 e. The zero-order valence-corrected chi connectivity index (χ0v) is 26.6. The van der Waals surface area contributed by atoms with Crippen molar-refractivity contribution >= 4 is 127 Å². The monoisotopic (exact) mass is 861 g/mol. The van der Waals surface area contributed by atoms with Gasteiger partial charge < -0.3 is 0 Å². The van der Waals surface area contributed by atoms with E-state index in [1.165, 1.54) is 11.1 Å². The summed E-state index contributed by atoms with van der Waals surface area (Å²) in [5.74, 6) is 0. The summed E-state index contributed by atoms with van der Waals surface area (Å²) < 4.78 is 1.36. The fourth-order valence-electron chi connectivity index (χ4n) is 4.06. The fraction of sp³-hybridized carbons (Fsp3) is 0.444. The first-order chi connectivity index (χ1) is 11.7. The van der Waals surface area contributed by atoms with Crippen LogP contribution in [0.5, 0.6) is 0 Å². The molecule has 0 saturated heterocycles. The Kier molecular flexibility index (Phi) is 6.27. The van der Waals surface area contributed by atoms with Crippen molar-refractivity contribution in [2.24, 2.45) is 5.41 Å². The van der Waals surface area contributed by atoms with E-state index in [0.29, 0.717) is 0 Å². The summed E-state index contributed by atoms with van der Waals surface area (Å²) in [6.07, 6.45) is 0. The van der Waals surface area contributed by atoms with Crippen LogP contribution in [-0.4, -0.2) is 10.8 Å². The second-order valence-corrected chi connectivity index (χ2v) is 17.7. The third kappa shape index (κ3) is 2.54. The Balaban J connectivity index is 2.54. The van der Waals surface area contributed by atoms with E-state index in [0.717, 1.165) is 13.4 Å². The van der Waals surface area contributed by atoms with Gasteiger partial charge >= 0.3 is 0 Å². The lowest BCUT2D eigenvalue weighted by Crippen LogP contribution is -2.55. The highest BCUT2D eigenvalue weighted by Crippen LogP contribution is 2.81. The van der Waals surface area contributed by atoms with E-state index in [9.17, 15) is 0 Å². The second-order valence-electron chi connectivity index (χ2n) is 7.24. The van der Waals surface area contributed by atoms with Crippen LogP contribution in [0.4, 0.5) is 0 Å². The van der Waals surface area contributed by atoms with Gasteiger partial charge in [0.1, 0.15) is 10.8 Å². The Morgan fingerprint density at radius 2 is 1.23 bits per heavy atom. The molecule has 142 valence electrons. The Morgan fingerprint density at radius 3 is 1.73 bits per heavy atom. The van der Waals surface area contributed by atoms with Gasteiger partial charge in [-0.25, -0.2) is 0 Å². The van der Waals surface area contributed by atoms with Gasteiger partial charge in [0.15, 0.2) is 0 Å². The number of hydrogen-bond donors (Lipinski definition) is 0. The molecule has 2 unspecified atom stereocenters. The van der Waals surface area contributed by atoms with Crippen LogP contribution in [0, 0.1) is 5.41 Å². The molecule has 26 heavy (non-hydrogen) atoms. The Morgan fingerprint density at radius 1 is 0.731 bits per heavy atom. The van der Waals surface area contributed by atoms with Crippen LogP contribution in [0.3, 0.4) is 0 Å². The topological polar surface area (TPSA) is 0 Å². The standard InChI is InChI=1S/C18H14Br8/c1-14(2)15(3,9-7-5-4-6-8-9)12-10(19)11(20)13(21)17(23,24)16(12,22)18(14,25)26/h4-8H,1-3H3. The van der Waals surface area contributed by atoms with Crippen molar-refractivity contribution in [3.63, 3.8) is 0 Å². The number of hydrogen-bond acceptors (Lipinski definition) is 0. The van der Waals surface area contributed by atoms with Crippen molar-refractivity contribution < 1.29 is 0 Å². The van der Waals surface area contributed by atoms with Crippen LogP contribution in [0.15, 0.2) is 49.4 Å². The highest BCUT2D eigenvalue weighted by molar-refractivity contribution is 9.29. The number of halogens is 8. The Hall–Kier alpha value is 2.54. The van der Waals surface area contributed by atoms with Gasteiger partial charge in [0.05, 0.1) is 0 Å². The van der Waals surface area contributed by atoms with Crippen molar-refractivity contribution in [3.05, 3.63) is 54.9 Å². The van der Waals surface area contributed by atoms with Crippen LogP contribution in [0.25, 0.3) is 0 Å². The molecule has 0 radical (unpaired) electrons. The molecule has 2 aliphatic carbocycles. The van der Waals surface area contributed by atoms with E-state index in [2.05, 4.69) is 179 Å². The number of rotatable bonds is 1. The number of benzene rings is 1. The highest BCUT2D eigenvalue weighted by atomic mass is 79.9. The molecule has 0 aromatic heterocycles. The van der Waals surface area contributed by atoms with Crippen molar-refractivity contribution in [3.8, 4) is 0 Å². The molecule has 0 nitrogen and oxygen atoms in total. The molecule has 0 bridgehead atoms. The van der Waals surface area contributed by atoms with Crippen LogP contribution in [0.2, 0.25) is 0 Å². The van der Waals surface area contributed by atoms with Crippen molar-refractivity contribution in [1.29, 1.82) is 0 Å². The maximum atomic E-state index is 4.16. The predicted octanol–water partition coefficient (Wildman–Crippen LogP) is 9.75. The summed E-state index contributed by atoms with van der Waals surface area (Å²) in [5, 5.41) is 0. The van der Waals surface area contributed by atoms with Crippen LogP contribution in [-0.2, 0) is 5.41 Å². The van der Waals surface area contributed by atoms with Crippen LogP contribution >= 0.6 is 127 Å². The summed E-state index contributed by atoms with van der Waals surface area (Å²) in [6.45, 7) is 6.89. The highest BCUT2D eigenvalue weighted by Gasteiger charge is 2.80. The Bertz CT molecular complexity index is 836. The summed E-state index contributed by atoms with van der Waals surface area (Å²) in [7, 11) is 0. The van der Waals surface area contributed by atoms with Gasteiger partial charge in [0.2, 0.25) is 0 Å². The number of allylic oxidation sites excluding steroid dienone is 4. The zero-order chi connectivity index (χ0) is 19.9. The molecule has 0 aliphatic heterocycles. The van der Waals surface area contributed by atoms with Gasteiger partial charge in [0, 0.05) is 24.3 Å². The van der Waals surface area contributed by atoms with E-state index in [1.54, 1.807) is 0 Å². The number of fused-ring (bicyclic) bond motifs is 1. The largest absolute Gasteiger partial charge is 0.134 e. The third-order valence-corrected chi connectivity index (χ3v) is 19.6. The minimum atomic E-state index is -0.588. The van der Waals surface area contributed by atoms with Gasteiger partial charge in [-0.05, 0) is 43.0 Å². The molecule has 0 N–H and O–H groups in total. The van der Waals surface area contributed by atoms with Gasteiger partial charge in [0.25, 0.3) is 0 Å². The molecule has 2 atom stereocenters. The van der Waals surface area contributed by atoms with E-state index in [1.807, 2.05) is 0 Å². The lowest BCUT2D eigenvalue weighted by molar-refractivity contribution is 0.247. The number of alkyl halides is 5. The first-order valence-corrected chi connectivity index (χ1v) is 14.0. The molecule has 1 aromatic rings. The van der Waals surface area contributed by atoms with Crippen molar-refractivity contribution in [2.45, 2.75) is 37.0 Å². The van der Waals surface area contributed by atoms with E-state index < -0.39 is 10.8 Å². The molecule has 0 spiro atoms. The van der Waals surface area contributed by atoms with E-state index in [4.69, 9.17) is 0 Å². The second kappa shape index (κ2) is 7.03. The fourth-order valence-corrected chi connectivity index (χ4v) is 12.8. The summed E-state index contributed by atoms with van der Waals surface area (Å²) in [6, 6.07) is 10.7. The lowest BCUT2D eigenvalue weighted by Gasteiger charge is -2.49. The van der Waals surface area contributed by atoms with Crippen LogP contribution in [0.1, 0.15) is 26.3 Å². The van der Waals surface area contributed by atoms with Gasteiger partial charge in [-0.15, -0.1) is 0 Å². The normalized spacial score (nSPS) is 34.9. The molecular weight excluding hydrogens is 855 g/mol. The van der Waals surface area contributed by atoms with E-state index >= 15 is 0 Å². The first-order valence-electron chi connectivity index (χ1n) is 7.67. The predicted molar refractivity (Wildman–Crippen MR) is 141 cm³/mol. The first kappa shape index (κ1) is 23.2. The minimum absolute atomic E-state index is 0.225. The van der Waals surface area contributed by atoms with Crippen molar-refractivity contribution in [2.75, 3.05) is 0 Å².